The normalized spacial score (nSPS) is 17.4. The number of rotatable bonds is 8. The number of ether oxygens (including phenoxy) is 2. The number of nitrogens with zero attached hydrogens (tertiary/aromatic N) is 1. The van der Waals surface area contributed by atoms with Crippen LogP contribution in [0.15, 0.2) is 90.5 Å². The van der Waals surface area contributed by atoms with E-state index in [9.17, 15) is 14.7 Å². The molecule has 1 aliphatic rings. The third kappa shape index (κ3) is 4.81. The molecule has 1 aliphatic heterocycles. The Morgan fingerprint density at radius 3 is 2.27 bits per heavy atom. The van der Waals surface area contributed by atoms with E-state index in [0.29, 0.717) is 42.2 Å². The Kier molecular flexibility index (Phi) is 6.86. The monoisotopic (exact) mass is 443 g/mol. The van der Waals surface area contributed by atoms with E-state index in [1.807, 2.05) is 54.6 Å². The molecule has 1 N–H and O–H groups in total. The molecule has 1 heterocycles. The van der Waals surface area contributed by atoms with Gasteiger partial charge < -0.3 is 19.5 Å². The number of amides is 1. The van der Waals surface area contributed by atoms with Crippen LogP contribution in [-0.4, -0.2) is 42.0 Å². The quantitative estimate of drug-likeness (QED) is 0.231. The maximum atomic E-state index is 13.1. The number of aliphatic hydroxyl groups is 1. The molecule has 0 radical (unpaired) electrons. The van der Waals surface area contributed by atoms with Crippen molar-refractivity contribution in [2.75, 3.05) is 20.3 Å². The number of ketones is 1. The summed E-state index contributed by atoms with van der Waals surface area (Å²) >= 11 is 0. The average molecular weight is 443 g/mol. The van der Waals surface area contributed by atoms with Gasteiger partial charge in [0.15, 0.2) is 0 Å². The van der Waals surface area contributed by atoms with Crippen molar-refractivity contribution in [3.63, 3.8) is 0 Å². The van der Waals surface area contributed by atoms with Gasteiger partial charge in [0, 0.05) is 25.8 Å². The molecule has 0 bridgehead atoms. The summed E-state index contributed by atoms with van der Waals surface area (Å²) in [5.74, 6) is -0.285. The molecule has 0 aromatic heterocycles. The Balaban J connectivity index is 1.77. The van der Waals surface area contributed by atoms with Crippen molar-refractivity contribution in [3.05, 3.63) is 102 Å². The van der Waals surface area contributed by atoms with Gasteiger partial charge in [-0.25, -0.2) is 0 Å². The van der Waals surface area contributed by atoms with Crippen molar-refractivity contribution in [3.8, 4) is 11.5 Å². The van der Waals surface area contributed by atoms with Gasteiger partial charge in [-0.05, 0) is 36.2 Å². The van der Waals surface area contributed by atoms with Crippen molar-refractivity contribution >= 4 is 17.4 Å². The highest BCUT2D eigenvalue weighted by molar-refractivity contribution is 6.46. The molecule has 1 atom stereocenters. The predicted octanol–water partition coefficient (Wildman–Crippen LogP) is 4.94. The molecule has 0 saturated carbocycles. The van der Waals surface area contributed by atoms with Gasteiger partial charge in [0.25, 0.3) is 11.7 Å². The largest absolute Gasteiger partial charge is 0.507 e. The van der Waals surface area contributed by atoms with E-state index in [4.69, 9.17) is 9.47 Å². The van der Waals surface area contributed by atoms with Gasteiger partial charge in [0.05, 0.1) is 11.6 Å². The van der Waals surface area contributed by atoms with Gasteiger partial charge in [-0.1, -0.05) is 60.7 Å². The number of Topliss-reactive ketones (excluding diaryl/α,β-unsaturated/α-hetero) is 1. The standard InChI is InChI=1S/C27H25NO5/c1-32-17-9-16-28-24(20-12-8-15-22(18-20)33-21-13-6-3-7-14-21)23(26(30)27(28)31)25(29)19-10-4-2-5-11-19/h2-8,10-15,18,24,29H,9,16-17H2,1H3/b25-23+/t24-/m0/s1. The molecule has 3 aromatic rings. The zero-order chi connectivity index (χ0) is 23.2. The lowest BCUT2D eigenvalue weighted by molar-refractivity contribution is -0.140. The van der Waals surface area contributed by atoms with Crippen molar-refractivity contribution in [1.29, 1.82) is 0 Å². The Bertz CT molecular complexity index is 1160. The highest BCUT2D eigenvalue weighted by Gasteiger charge is 2.45. The van der Waals surface area contributed by atoms with E-state index in [1.165, 1.54) is 4.90 Å². The van der Waals surface area contributed by atoms with Gasteiger partial charge >= 0.3 is 0 Å². The third-order valence-electron chi connectivity index (χ3n) is 5.49. The first kappa shape index (κ1) is 22.3. The summed E-state index contributed by atoms with van der Waals surface area (Å²) in [6.45, 7) is 0.768. The first-order valence-electron chi connectivity index (χ1n) is 10.8. The molecule has 3 aromatic carbocycles. The second-order valence-corrected chi connectivity index (χ2v) is 7.69. The number of para-hydroxylation sites is 1. The summed E-state index contributed by atoms with van der Waals surface area (Å²) in [5.41, 5.74) is 1.23. The van der Waals surface area contributed by atoms with E-state index in [0.717, 1.165) is 0 Å². The Morgan fingerprint density at radius 2 is 1.58 bits per heavy atom. The van der Waals surface area contributed by atoms with E-state index in [2.05, 4.69) is 0 Å². The SMILES string of the molecule is COCCCN1C(=O)C(=O)/C(=C(/O)c2ccccc2)[C@@H]1c1cccc(Oc2ccccc2)c1. The fourth-order valence-electron chi connectivity index (χ4n) is 3.96. The molecule has 0 unspecified atom stereocenters. The van der Waals surface area contributed by atoms with Gasteiger partial charge in [0.1, 0.15) is 17.3 Å². The van der Waals surface area contributed by atoms with Gasteiger partial charge in [-0.3, -0.25) is 9.59 Å². The second kappa shape index (κ2) is 10.1. The van der Waals surface area contributed by atoms with Crippen LogP contribution in [0.4, 0.5) is 0 Å². The zero-order valence-electron chi connectivity index (χ0n) is 18.3. The minimum atomic E-state index is -0.735. The van der Waals surface area contributed by atoms with Gasteiger partial charge in [-0.15, -0.1) is 0 Å². The lowest BCUT2D eigenvalue weighted by atomic mass is 9.95. The number of methoxy groups -OCH3 is 1. The summed E-state index contributed by atoms with van der Waals surface area (Å²) in [7, 11) is 1.59. The minimum Gasteiger partial charge on any atom is -0.507 e. The van der Waals surface area contributed by atoms with Crippen LogP contribution in [0.1, 0.15) is 23.6 Å². The minimum absolute atomic E-state index is 0.0699. The molecular weight excluding hydrogens is 418 g/mol. The molecule has 1 amide bonds. The van der Waals surface area contributed by atoms with Crippen LogP contribution in [0.5, 0.6) is 11.5 Å². The molecule has 6 nitrogen and oxygen atoms in total. The molecule has 168 valence electrons. The summed E-state index contributed by atoms with van der Waals surface area (Å²) in [4.78, 5) is 27.5. The summed E-state index contributed by atoms with van der Waals surface area (Å²) in [5, 5.41) is 11.1. The van der Waals surface area contributed by atoms with Crippen LogP contribution in [0.3, 0.4) is 0 Å². The van der Waals surface area contributed by atoms with Crippen LogP contribution in [0.2, 0.25) is 0 Å². The summed E-state index contributed by atoms with van der Waals surface area (Å²) in [6.07, 6.45) is 0.561. The van der Waals surface area contributed by atoms with Crippen LogP contribution in [0.25, 0.3) is 5.76 Å². The lowest BCUT2D eigenvalue weighted by Crippen LogP contribution is -2.31. The molecule has 33 heavy (non-hydrogen) atoms. The van der Waals surface area contributed by atoms with Crippen molar-refractivity contribution in [1.82, 2.24) is 4.90 Å². The average Bonchev–Trinajstić information content (AvgIpc) is 3.10. The molecule has 1 saturated heterocycles. The van der Waals surface area contributed by atoms with Crippen LogP contribution in [0, 0.1) is 0 Å². The van der Waals surface area contributed by atoms with Crippen LogP contribution < -0.4 is 4.74 Å². The fourth-order valence-corrected chi connectivity index (χ4v) is 3.96. The van der Waals surface area contributed by atoms with Crippen LogP contribution in [-0.2, 0) is 14.3 Å². The predicted molar refractivity (Wildman–Crippen MR) is 125 cm³/mol. The highest BCUT2D eigenvalue weighted by atomic mass is 16.5. The zero-order valence-corrected chi connectivity index (χ0v) is 18.3. The van der Waals surface area contributed by atoms with Crippen molar-refractivity contribution < 1.29 is 24.2 Å². The Hall–Kier alpha value is -3.90. The Labute approximate surface area is 192 Å². The lowest BCUT2D eigenvalue weighted by Gasteiger charge is -2.25. The number of benzene rings is 3. The van der Waals surface area contributed by atoms with E-state index < -0.39 is 17.7 Å². The number of carbonyl (C=O) groups is 2. The topological polar surface area (TPSA) is 76.1 Å². The number of likely N-dealkylation sites (tertiary alicyclic amines) is 1. The number of hydrogen-bond donors (Lipinski definition) is 1. The first-order chi connectivity index (χ1) is 16.1. The smallest absolute Gasteiger partial charge is 0.295 e. The maximum Gasteiger partial charge on any atom is 0.295 e. The van der Waals surface area contributed by atoms with Crippen molar-refractivity contribution in [2.24, 2.45) is 0 Å². The van der Waals surface area contributed by atoms with E-state index >= 15 is 0 Å². The molecule has 0 aliphatic carbocycles. The van der Waals surface area contributed by atoms with E-state index in [1.54, 1.807) is 37.4 Å². The summed E-state index contributed by atoms with van der Waals surface area (Å²) < 4.78 is 11.1. The molecule has 1 fully saturated rings. The Morgan fingerprint density at radius 1 is 0.909 bits per heavy atom. The van der Waals surface area contributed by atoms with Gasteiger partial charge in [0.2, 0.25) is 0 Å². The third-order valence-corrected chi connectivity index (χ3v) is 5.49. The molecule has 0 spiro atoms. The first-order valence-corrected chi connectivity index (χ1v) is 10.8. The number of carbonyl (C=O) groups excluding carboxylic acids is 2. The fraction of sp³-hybridized carbons (Fsp3) is 0.185. The summed E-state index contributed by atoms with van der Waals surface area (Å²) in [6, 6.07) is 24.6. The van der Waals surface area contributed by atoms with Crippen molar-refractivity contribution in [2.45, 2.75) is 12.5 Å². The molecule has 4 rings (SSSR count). The molecular formula is C27H25NO5. The molecule has 6 heteroatoms. The maximum absolute atomic E-state index is 13.1. The van der Waals surface area contributed by atoms with Crippen LogP contribution >= 0.6 is 0 Å². The van der Waals surface area contributed by atoms with E-state index in [-0.39, 0.29) is 11.3 Å². The second-order valence-electron chi connectivity index (χ2n) is 7.69. The number of aliphatic hydroxyl groups excluding tert-OH is 1. The number of hydrogen-bond acceptors (Lipinski definition) is 5. The van der Waals surface area contributed by atoms with Gasteiger partial charge in [-0.2, -0.15) is 0 Å². The highest BCUT2D eigenvalue weighted by Crippen LogP contribution is 2.40.